The number of anilines is 1. The molecule has 1 aliphatic heterocycles. The second-order valence-corrected chi connectivity index (χ2v) is 10.5. The minimum atomic E-state index is -1.45. The van der Waals surface area contributed by atoms with E-state index in [1.807, 2.05) is 0 Å². The highest BCUT2D eigenvalue weighted by molar-refractivity contribution is 5.94. The third kappa shape index (κ3) is 5.16. The fourth-order valence-electron chi connectivity index (χ4n) is 4.82. The molecule has 4 rings (SSSR count). The number of pyridine rings is 1. The Labute approximate surface area is 206 Å². The molecule has 196 valence electrons. The Morgan fingerprint density at radius 2 is 1.92 bits per heavy atom. The molecule has 0 spiro atoms. The molecule has 2 unspecified atom stereocenters. The van der Waals surface area contributed by atoms with Crippen molar-refractivity contribution in [1.82, 2.24) is 9.88 Å². The van der Waals surface area contributed by atoms with Crippen molar-refractivity contribution in [2.45, 2.75) is 64.1 Å². The van der Waals surface area contributed by atoms with Gasteiger partial charge < -0.3 is 29.7 Å². The normalized spacial score (nSPS) is 20.4. The summed E-state index contributed by atoms with van der Waals surface area (Å²) in [5.74, 6) is -3.44. The highest BCUT2D eigenvalue weighted by Crippen LogP contribution is 2.40. The minimum absolute atomic E-state index is 0.0414. The Morgan fingerprint density at radius 1 is 1.22 bits per heavy atom. The molecule has 9 nitrogen and oxygen atoms in total. The van der Waals surface area contributed by atoms with Crippen LogP contribution in [0.15, 0.2) is 17.1 Å². The van der Waals surface area contributed by atoms with Crippen LogP contribution in [0.4, 0.5) is 19.3 Å². The molecular formula is C25H31F2N3O6. The zero-order valence-corrected chi connectivity index (χ0v) is 20.5. The molecule has 2 aromatic rings. The zero-order valence-electron chi connectivity index (χ0n) is 20.5. The first-order valence-corrected chi connectivity index (χ1v) is 12.1. The lowest BCUT2D eigenvalue weighted by Crippen LogP contribution is -2.48. The number of halogens is 2. The second-order valence-electron chi connectivity index (χ2n) is 10.5. The predicted octanol–water partition coefficient (Wildman–Crippen LogP) is 3.41. The molecule has 1 aliphatic carbocycles. The van der Waals surface area contributed by atoms with Crippen LogP contribution in [0.1, 0.15) is 62.9 Å². The number of piperidine rings is 1. The number of ether oxygens (including phenoxy) is 1. The molecule has 2 aliphatic rings. The lowest BCUT2D eigenvalue weighted by molar-refractivity contribution is 0.0513. The highest BCUT2D eigenvalue weighted by atomic mass is 19.1. The Balaban J connectivity index is 1.64. The van der Waals surface area contributed by atoms with E-state index in [0.29, 0.717) is 32.2 Å². The van der Waals surface area contributed by atoms with Gasteiger partial charge in [0, 0.05) is 25.3 Å². The van der Waals surface area contributed by atoms with Gasteiger partial charge in [-0.2, -0.15) is 0 Å². The van der Waals surface area contributed by atoms with E-state index in [9.17, 15) is 24.6 Å². The quantitative estimate of drug-likeness (QED) is 0.548. The average molecular weight is 508 g/mol. The van der Waals surface area contributed by atoms with Crippen LogP contribution in [0.25, 0.3) is 10.9 Å². The maximum atomic E-state index is 16.0. The largest absolute Gasteiger partial charge is 0.477 e. The van der Waals surface area contributed by atoms with Crippen LogP contribution in [0.3, 0.4) is 0 Å². The van der Waals surface area contributed by atoms with Gasteiger partial charge in [-0.25, -0.2) is 18.4 Å². The van der Waals surface area contributed by atoms with Crippen molar-refractivity contribution in [3.05, 3.63) is 39.7 Å². The molecular weight excluding hydrogens is 476 g/mol. The SMILES string of the molecule is CC(C)(C)OC(=O)NCC1CCN(c2c(F)cc3c(=O)c(C(=O)O)cn(C4CC4)c3c2F)C(CO)C1. The van der Waals surface area contributed by atoms with Crippen molar-refractivity contribution in [3.63, 3.8) is 0 Å². The molecule has 0 bridgehead atoms. The Kier molecular flexibility index (Phi) is 6.96. The van der Waals surface area contributed by atoms with Crippen LogP contribution in [0.2, 0.25) is 0 Å². The van der Waals surface area contributed by atoms with E-state index in [0.717, 1.165) is 12.3 Å². The van der Waals surface area contributed by atoms with Crippen LogP contribution in [-0.4, -0.2) is 58.2 Å². The van der Waals surface area contributed by atoms with Crippen LogP contribution >= 0.6 is 0 Å². The molecule has 1 saturated heterocycles. The summed E-state index contributed by atoms with van der Waals surface area (Å²) < 4.78 is 37.9. The summed E-state index contributed by atoms with van der Waals surface area (Å²) in [6.07, 6.45) is 2.83. The molecule has 3 N–H and O–H groups in total. The monoisotopic (exact) mass is 507 g/mol. The number of carbonyl (C=O) groups excluding carboxylic acids is 1. The summed E-state index contributed by atoms with van der Waals surface area (Å²) in [6, 6.07) is 0.105. The Bertz CT molecular complexity index is 1250. The number of amides is 1. The molecule has 0 radical (unpaired) electrons. The van der Waals surface area contributed by atoms with Crippen molar-refractivity contribution >= 4 is 28.7 Å². The number of hydrogen-bond donors (Lipinski definition) is 3. The topological polar surface area (TPSA) is 121 Å². The molecule has 1 aromatic heterocycles. The van der Waals surface area contributed by atoms with Crippen LogP contribution in [0.5, 0.6) is 0 Å². The van der Waals surface area contributed by atoms with Crippen LogP contribution in [0, 0.1) is 17.6 Å². The molecule has 2 fully saturated rings. The summed E-state index contributed by atoms with van der Waals surface area (Å²) in [7, 11) is 0. The predicted molar refractivity (Wildman–Crippen MR) is 129 cm³/mol. The first-order valence-electron chi connectivity index (χ1n) is 12.1. The number of aliphatic hydroxyl groups excluding tert-OH is 1. The Morgan fingerprint density at radius 3 is 2.50 bits per heavy atom. The molecule has 11 heteroatoms. The summed E-state index contributed by atoms with van der Waals surface area (Å²) in [5.41, 5.74) is -2.60. The number of aromatic carboxylic acids is 1. The van der Waals surface area contributed by atoms with Gasteiger partial charge in [-0.15, -0.1) is 0 Å². The molecule has 1 amide bonds. The van der Waals surface area contributed by atoms with Crippen LogP contribution < -0.4 is 15.6 Å². The van der Waals surface area contributed by atoms with Gasteiger partial charge in [0.1, 0.15) is 22.7 Å². The maximum absolute atomic E-state index is 16.0. The molecule has 36 heavy (non-hydrogen) atoms. The third-order valence-electron chi connectivity index (χ3n) is 6.61. The number of carboxylic acid groups (broad SMARTS) is 1. The number of fused-ring (bicyclic) bond motifs is 1. The molecule has 1 aromatic carbocycles. The number of aromatic nitrogens is 1. The fraction of sp³-hybridized carbons (Fsp3) is 0.560. The fourth-order valence-corrected chi connectivity index (χ4v) is 4.82. The van der Waals surface area contributed by atoms with Gasteiger partial charge in [0.15, 0.2) is 5.82 Å². The van der Waals surface area contributed by atoms with Crippen molar-refractivity contribution in [1.29, 1.82) is 0 Å². The summed E-state index contributed by atoms with van der Waals surface area (Å²) >= 11 is 0. The van der Waals surface area contributed by atoms with Crippen molar-refractivity contribution < 1.29 is 33.3 Å². The Hall–Kier alpha value is -3.21. The van der Waals surface area contributed by atoms with Crippen molar-refractivity contribution in [2.24, 2.45) is 5.92 Å². The average Bonchev–Trinajstić information content (AvgIpc) is 3.63. The minimum Gasteiger partial charge on any atom is -0.477 e. The number of carbonyl (C=O) groups is 2. The van der Waals surface area contributed by atoms with E-state index >= 15 is 8.78 Å². The number of aliphatic hydroxyl groups is 1. The van der Waals surface area contributed by atoms with Gasteiger partial charge in [-0.1, -0.05) is 0 Å². The number of nitrogens with zero attached hydrogens (tertiary/aromatic N) is 2. The standard InChI is InChI=1S/C25H31F2N3O6/c1-25(2,3)36-24(35)28-10-13-6-7-29(15(8-13)12-31)21-18(26)9-16-20(19(21)27)30(14-4-5-14)11-17(22(16)32)23(33)34/h9,11,13-15,31H,4-8,10,12H2,1-3H3,(H,28,35)(H,33,34). The number of nitrogens with one attached hydrogen (secondary N) is 1. The van der Waals surface area contributed by atoms with Gasteiger partial charge in [0.2, 0.25) is 5.43 Å². The van der Waals surface area contributed by atoms with Crippen LogP contribution in [-0.2, 0) is 4.74 Å². The lowest BCUT2D eigenvalue weighted by atomic mass is 9.90. The van der Waals surface area contributed by atoms with Crippen molar-refractivity contribution in [3.8, 4) is 0 Å². The zero-order chi connectivity index (χ0) is 26.4. The van der Waals surface area contributed by atoms with E-state index < -0.39 is 46.3 Å². The summed E-state index contributed by atoms with van der Waals surface area (Å²) in [5, 5.41) is 21.8. The smallest absolute Gasteiger partial charge is 0.407 e. The number of rotatable bonds is 6. The summed E-state index contributed by atoms with van der Waals surface area (Å²) in [6.45, 7) is 5.40. The van der Waals surface area contributed by atoms with Crippen molar-refractivity contribution in [2.75, 3.05) is 24.6 Å². The number of hydrogen-bond acceptors (Lipinski definition) is 6. The molecule has 1 saturated carbocycles. The van der Waals surface area contributed by atoms with E-state index in [-0.39, 0.29) is 41.7 Å². The number of benzene rings is 1. The lowest BCUT2D eigenvalue weighted by Gasteiger charge is -2.40. The molecule has 2 atom stereocenters. The number of carboxylic acids is 1. The van der Waals surface area contributed by atoms with E-state index in [2.05, 4.69) is 5.32 Å². The number of alkyl carbamates (subject to hydrolysis) is 1. The van der Waals surface area contributed by atoms with Gasteiger partial charge in [0.05, 0.1) is 23.6 Å². The maximum Gasteiger partial charge on any atom is 0.407 e. The van der Waals surface area contributed by atoms with E-state index in [4.69, 9.17) is 4.74 Å². The van der Waals surface area contributed by atoms with E-state index in [1.165, 1.54) is 9.47 Å². The van der Waals surface area contributed by atoms with Gasteiger partial charge in [-0.05, 0) is 58.4 Å². The highest BCUT2D eigenvalue weighted by Gasteiger charge is 2.35. The second kappa shape index (κ2) is 9.68. The van der Waals surface area contributed by atoms with E-state index in [1.54, 1.807) is 20.8 Å². The third-order valence-corrected chi connectivity index (χ3v) is 6.61. The van der Waals surface area contributed by atoms with Gasteiger partial charge in [0.25, 0.3) is 0 Å². The van der Waals surface area contributed by atoms with Gasteiger partial charge >= 0.3 is 12.1 Å². The van der Waals surface area contributed by atoms with Gasteiger partial charge in [-0.3, -0.25) is 4.79 Å². The first kappa shape index (κ1) is 25.9. The molecule has 2 heterocycles. The summed E-state index contributed by atoms with van der Waals surface area (Å²) in [4.78, 5) is 37.7. The first-order chi connectivity index (χ1) is 16.9.